The molecule has 2 rings (SSSR count). The summed E-state index contributed by atoms with van der Waals surface area (Å²) in [7, 11) is 3.45. The van der Waals surface area contributed by atoms with Crippen molar-refractivity contribution in [3.8, 4) is 0 Å². The summed E-state index contributed by atoms with van der Waals surface area (Å²) in [6, 6.07) is 10.5. The number of carbonyl (C=O) groups is 2. The summed E-state index contributed by atoms with van der Waals surface area (Å²) in [5.74, 6) is 0.517. The smallest absolute Gasteiger partial charge is 0.308 e. The van der Waals surface area contributed by atoms with Crippen molar-refractivity contribution in [1.29, 1.82) is 0 Å². The highest BCUT2D eigenvalue weighted by molar-refractivity contribution is 5.85. The molecule has 1 aromatic rings. The Morgan fingerprint density at radius 1 is 1.14 bits per heavy atom. The van der Waals surface area contributed by atoms with Crippen molar-refractivity contribution in [1.82, 2.24) is 15.5 Å². The van der Waals surface area contributed by atoms with Gasteiger partial charge in [-0.2, -0.15) is 0 Å². The van der Waals surface area contributed by atoms with Crippen molar-refractivity contribution in [3.63, 3.8) is 0 Å². The number of amides is 1. The van der Waals surface area contributed by atoms with Gasteiger partial charge in [-0.3, -0.25) is 9.59 Å². The predicted octanol–water partition coefficient (Wildman–Crippen LogP) is 1.97. The number of esters is 1. The average molecular weight is 403 g/mol. The van der Waals surface area contributed by atoms with Crippen LogP contribution in [0.25, 0.3) is 0 Å². The number of nitrogens with one attached hydrogen (secondary N) is 2. The van der Waals surface area contributed by atoms with Crippen LogP contribution in [0.5, 0.6) is 0 Å². The molecule has 1 aliphatic rings. The molecule has 29 heavy (non-hydrogen) atoms. The second-order valence-electron chi connectivity index (χ2n) is 7.56. The van der Waals surface area contributed by atoms with Crippen LogP contribution in [0.2, 0.25) is 0 Å². The maximum absolute atomic E-state index is 11.9. The van der Waals surface area contributed by atoms with Crippen LogP contribution in [0.1, 0.15) is 38.2 Å². The fourth-order valence-electron chi connectivity index (χ4n) is 3.34. The van der Waals surface area contributed by atoms with Gasteiger partial charge in [0.15, 0.2) is 5.96 Å². The van der Waals surface area contributed by atoms with E-state index < -0.39 is 0 Å². The molecule has 0 bridgehead atoms. The number of nitrogens with zero attached hydrogens (tertiary/aromatic N) is 2. The Bertz CT molecular complexity index is 668. The maximum Gasteiger partial charge on any atom is 0.308 e. The van der Waals surface area contributed by atoms with Gasteiger partial charge in [-0.15, -0.1) is 0 Å². The minimum absolute atomic E-state index is 0.00486. The highest BCUT2D eigenvalue weighted by Crippen LogP contribution is 2.25. The van der Waals surface area contributed by atoms with Crippen LogP contribution in [0.3, 0.4) is 0 Å². The molecule has 0 saturated heterocycles. The first-order chi connectivity index (χ1) is 14.0. The molecule has 0 atom stereocenters. The van der Waals surface area contributed by atoms with Gasteiger partial charge in [0, 0.05) is 26.7 Å². The monoisotopic (exact) mass is 402 g/mol. The summed E-state index contributed by atoms with van der Waals surface area (Å²) >= 11 is 0. The number of aliphatic imine (C=N–C) groups is 1. The summed E-state index contributed by atoms with van der Waals surface area (Å²) < 4.78 is 5.14. The second-order valence-corrected chi connectivity index (χ2v) is 7.56. The third-order valence-electron chi connectivity index (χ3n) is 5.11. The van der Waals surface area contributed by atoms with Crippen molar-refractivity contribution in [2.24, 2.45) is 10.9 Å². The molecule has 160 valence electrons. The third kappa shape index (κ3) is 8.13. The number of likely N-dealkylation sites (N-methyl/N-ethyl adjacent to an activating group) is 1. The molecule has 7 heteroatoms. The maximum atomic E-state index is 11.9. The van der Waals surface area contributed by atoms with Gasteiger partial charge < -0.3 is 20.3 Å². The molecule has 0 aromatic heterocycles. The van der Waals surface area contributed by atoms with Gasteiger partial charge >= 0.3 is 5.97 Å². The molecule has 0 aliphatic heterocycles. The molecule has 1 aromatic carbocycles. The first-order valence-corrected chi connectivity index (χ1v) is 10.4. The van der Waals surface area contributed by atoms with Crippen LogP contribution in [0.15, 0.2) is 35.3 Å². The van der Waals surface area contributed by atoms with Gasteiger partial charge in [-0.1, -0.05) is 30.3 Å². The Hall–Kier alpha value is -2.57. The molecule has 2 N–H and O–H groups in total. The number of ether oxygens (including phenoxy) is 1. The standard InChI is InChI=1S/C22H34N4O3/c1-4-29-21(28)18-10-12-19(13-11-18)25-22(24-16-20(27)26(2)3)23-15-14-17-8-6-5-7-9-17/h5-9,18-19H,4,10-16H2,1-3H3,(H2,23,24,25). The quantitative estimate of drug-likeness (QED) is 0.395. The largest absolute Gasteiger partial charge is 0.466 e. The lowest BCUT2D eigenvalue weighted by Gasteiger charge is -2.29. The molecule has 0 unspecified atom stereocenters. The minimum atomic E-state index is -0.0857. The topological polar surface area (TPSA) is 83.0 Å². The highest BCUT2D eigenvalue weighted by Gasteiger charge is 2.27. The van der Waals surface area contributed by atoms with Crippen LogP contribution >= 0.6 is 0 Å². The van der Waals surface area contributed by atoms with Gasteiger partial charge in [0.1, 0.15) is 6.54 Å². The normalized spacial score (nSPS) is 19.3. The second kappa shape index (κ2) is 12.1. The predicted molar refractivity (Wildman–Crippen MR) is 115 cm³/mol. The van der Waals surface area contributed by atoms with Gasteiger partial charge in [-0.05, 0) is 44.6 Å². The van der Waals surface area contributed by atoms with Crippen LogP contribution in [-0.4, -0.2) is 62.6 Å². The summed E-state index contributed by atoms with van der Waals surface area (Å²) in [6.07, 6.45) is 4.25. The van der Waals surface area contributed by atoms with E-state index in [9.17, 15) is 9.59 Å². The lowest BCUT2D eigenvalue weighted by molar-refractivity contribution is -0.149. The zero-order chi connectivity index (χ0) is 21.1. The van der Waals surface area contributed by atoms with Crippen molar-refractivity contribution in [2.45, 2.75) is 45.1 Å². The molecule has 1 amide bonds. The first kappa shape index (κ1) is 22.7. The van der Waals surface area contributed by atoms with Crippen molar-refractivity contribution in [2.75, 3.05) is 33.8 Å². The zero-order valence-electron chi connectivity index (χ0n) is 17.8. The third-order valence-corrected chi connectivity index (χ3v) is 5.11. The van der Waals surface area contributed by atoms with E-state index in [1.54, 1.807) is 14.1 Å². The van der Waals surface area contributed by atoms with Crippen LogP contribution in [0, 0.1) is 5.92 Å². The molecule has 7 nitrogen and oxygen atoms in total. The van der Waals surface area contributed by atoms with Gasteiger partial charge in [0.2, 0.25) is 5.91 Å². The van der Waals surface area contributed by atoms with Gasteiger partial charge in [0.25, 0.3) is 0 Å². The van der Waals surface area contributed by atoms with Crippen molar-refractivity contribution >= 4 is 17.8 Å². The zero-order valence-corrected chi connectivity index (χ0v) is 17.8. The molecule has 1 saturated carbocycles. The number of rotatable bonds is 8. The molecule has 0 spiro atoms. The fourth-order valence-corrected chi connectivity index (χ4v) is 3.34. The molecule has 0 heterocycles. The van der Waals surface area contributed by atoms with E-state index >= 15 is 0 Å². The lowest BCUT2D eigenvalue weighted by atomic mass is 9.86. The minimum Gasteiger partial charge on any atom is -0.466 e. The summed E-state index contributed by atoms with van der Waals surface area (Å²) in [5, 5.41) is 6.78. The molecular formula is C22H34N4O3. The fraction of sp³-hybridized carbons (Fsp3) is 0.591. The van der Waals surface area contributed by atoms with E-state index in [1.807, 2.05) is 25.1 Å². The van der Waals surface area contributed by atoms with Crippen LogP contribution in [0.4, 0.5) is 0 Å². The van der Waals surface area contributed by atoms with Crippen molar-refractivity contribution in [3.05, 3.63) is 35.9 Å². The highest BCUT2D eigenvalue weighted by atomic mass is 16.5. The van der Waals surface area contributed by atoms with Crippen LogP contribution < -0.4 is 10.6 Å². The van der Waals surface area contributed by atoms with Gasteiger partial charge in [-0.25, -0.2) is 4.99 Å². The molecule has 1 aliphatic carbocycles. The molecular weight excluding hydrogens is 368 g/mol. The molecule has 1 fully saturated rings. The summed E-state index contributed by atoms with van der Waals surface area (Å²) in [4.78, 5) is 29.9. The Morgan fingerprint density at radius 3 is 2.45 bits per heavy atom. The molecule has 0 radical (unpaired) electrons. The van der Waals surface area contributed by atoms with Gasteiger partial charge in [0.05, 0.1) is 12.5 Å². The van der Waals surface area contributed by atoms with Crippen LogP contribution in [-0.2, 0) is 20.7 Å². The Balaban J connectivity index is 1.88. The Morgan fingerprint density at radius 2 is 1.83 bits per heavy atom. The first-order valence-electron chi connectivity index (χ1n) is 10.4. The summed E-state index contributed by atoms with van der Waals surface area (Å²) in [5.41, 5.74) is 1.25. The number of guanidine groups is 1. The van der Waals surface area contributed by atoms with E-state index in [-0.39, 0.29) is 30.4 Å². The Labute approximate surface area is 173 Å². The number of hydrogen-bond acceptors (Lipinski definition) is 4. The van der Waals surface area contributed by atoms with Crippen molar-refractivity contribution < 1.29 is 14.3 Å². The van der Waals surface area contributed by atoms with E-state index in [2.05, 4.69) is 27.8 Å². The van der Waals surface area contributed by atoms with E-state index in [0.717, 1.165) is 38.6 Å². The van der Waals surface area contributed by atoms with E-state index in [0.29, 0.717) is 12.6 Å². The lowest BCUT2D eigenvalue weighted by Crippen LogP contribution is -2.46. The SMILES string of the molecule is CCOC(=O)C1CCC(NC(=NCC(=O)N(C)C)NCCc2ccccc2)CC1. The van der Waals surface area contributed by atoms with E-state index in [4.69, 9.17) is 4.74 Å². The average Bonchev–Trinajstić information content (AvgIpc) is 2.73. The van der Waals surface area contributed by atoms with E-state index in [1.165, 1.54) is 10.5 Å². The number of hydrogen-bond donors (Lipinski definition) is 2. The Kier molecular flexibility index (Phi) is 9.47. The summed E-state index contributed by atoms with van der Waals surface area (Å²) in [6.45, 7) is 3.10. The number of benzene rings is 1. The number of carbonyl (C=O) groups excluding carboxylic acids is 2.